The molecule has 6 aromatic carbocycles. The standard InChI is InChI=1S/C36H30NO3P2.Ni/c38-37(39-41(31-19-7-1-8-20-31,32-21-9-2-10-22-32)33-23-11-3-12-24-33)40-42(34-25-13-4-14-26-34,35-27-15-5-16-28-35)36-29-17-6-18-30-36;/h1-30H;/q+3;. The predicted molar refractivity (Wildman–Crippen MR) is 176 cm³/mol. The Morgan fingerprint density at radius 2 is 0.488 bits per heavy atom. The Kier molecular flexibility index (Phi) is 9.80. The largest absolute Gasteiger partial charge is 0.555 e. The van der Waals surface area contributed by atoms with Gasteiger partial charge in [-0.3, -0.25) is 0 Å². The molecular weight excluding hydrogens is 615 g/mol. The smallest absolute Gasteiger partial charge is 0.0620 e. The van der Waals surface area contributed by atoms with Crippen molar-refractivity contribution in [1.82, 2.24) is 0 Å². The Morgan fingerprint density at radius 3 is 0.651 bits per heavy atom. The molecule has 6 rings (SSSR count). The summed E-state index contributed by atoms with van der Waals surface area (Å²) >= 11 is 0. The molecule has 0 heterocycles. The van der Waals surface area contributed by atoms with Crippen molar-refractivity contribution in [3.63, 3.8) is 0 Å². The molecule has 4 nitrogen and oxygen atoms in total. The Labute approximate surface area is 263 Å². The van der Waals surface area contributed by atoms with Crippen LogP contribution >= 0.6 is 15.0 Å². The zero-order valence-corrected chi connectivity index (χ0v) is 26.0. The van der Waals surface area contributed by atoms with Crippen LogP contribution in [0.15, 0.2) is 182 Å². The van der Waals surface area contributed by atoms with Crippen LogP contribution in [0.5, 0.6) is 0 Å². The van der Waals surface area contributed by atoms with Gasteiger partial charge in [0.1, 0.15) is 36.7 Å². The topological polar surface area (TPSA) is 38.5 Å². The summed E-state index contributed by atoms with van der Waals surface area (Å²) in [6.07, 6.45) is 0. The molecule has 0 aliphatic heterocycles. The fraction of sp³-hybridized carbons (Fsp3) is 0. The molecule has 0 saturated carbocycles. The first kappa shape index (κ1) is 30.3. The van der Waals surface area contributed by atoms with E-state index in [9.17, 15) is 4.91 Å². The summed E-state index contributed by atoms with van der Waals surface area (Å²) in [4.78, 5) is 14.4. The molecule has 0 fully saturated rings. The van der Waals surface area contributed by atoms with Gasteiger partial charge in [0.2, 0.25) is 0 Å². The average molecular weight is 645 g/mol. The summed E-state index contributed by atoms with van der Waals surface area (Å²) in [5.74, 6) is 0. The van der Waals surface area contributed by atoms with Gasteiger partial charge >= 0.3 is 20.1 Å². The third-order valence-electron chi connectivity index (χ3n) is 7.10. The molecule has 43 heavy (non-hydrogen) atoms. The maximum absolute atomic E-state index is 14.4. The van der Waals surface area contributed by atoms with E-state index in [4.69, 9.17) is 9.25 Å². The third-order valence-corrected chi connectivity index (χ3v) is 14.0. The second kappa shape index (κ2) is 13.9. The number of benzene rings is 6. The number of rotatable bonds is 10. The molecule has 0 bridgehead atoms. The van der Waals surface area contributed by atoms with E-state index in [0.717, 1.165) is 31.8 Å². The molecule has 0 unspecified atom stereocenters. The summed E-state index contributed by atoms with van der Waals surface area (Å²) in [5.41, 5.74) is 0. The Balaban J connectivity index is 0.00000368. The fourth-order valence-corrected chi connectivity index (χ4v) is 11.6. The fourth-order valence-electron chi connectivity index (χ4n) is 5.22. The summed E-state index contributed by atoms with van der Waals surface area (Å²) < 4.78 is 13.4. The van der Waals surface area contributed by atoms with Crippen LogP contribution in [-0.2, 0) is 25.7 Å². The van der Waals surface area contributed by atoms with Gasteiger partial charge in [0, 0.05) is 16.5 Å². The van der Waals surface area contributed by atoms with Gasteiger partial charge in [0.05, 0.1) is 0 Å². The first-order chi connectivity index (χ1) is 20.7. The van der Waals surface area contributed by atoms with Crippen molar-refractivity contribution in [3.05, 3.63) is 187 Å². The zero-order valence-electron chi connectivity index (χ0n) is 23.2. The quantitative estimate of drug-likeness (QED) is 0.0979. The molecule has 7 heteroatoms. The van der Waals surface area contributed by atoms with E-state index in [1.54, 1.807) is 0 Å². The van der Waals surface area contributed by atoms with Crippen LogP contribution in [0.25, 0.3) is 0 Å². The van der Waals surface area contributed by atoms with Gasteiger partial charge in [0.15, 0.2) is 0 Å². The summed E-state index contributed by atoms with van der Waals surface area (Å²) in [7, 11) is -5.93. The van der Waals surface area contributed by atoms with Gasteiger partial charge < -0.3 is 0 Å². The molecule has 0 spiro atoms. The monoisotopic (exact) mass is 644 g/mol. The third kappa shape index (κ3) is 6.03. The van der Waals surface area contributed by atoms with Crippen LogP contribution in [0.1, 0.15) is 0 Å². The van der Waals surface area contributed by atoms with Crippen LogP contribution in [-0.4, -0.2) is 5.09 Å². The number of nitrogens with zero attached hydrogens (tertiary/aromatic N) is 1. The van der Waals surface area contributed by atoms with E-state index in [0.29, 0.717) is 5.09 Å². The van der Waals surface area contributed by atoms with E-state index in [1.807, 2.05) is 182 Å². The molecule has 0 atom stereocenters. The van der Waals surface area contributed by atoms with Crippen LogP contribution in [0, 0.1) is 4.91 Å². The number of hydrogen-bond acceptors (Lipinski definition) is 3. The molecule has 0 aromatic heterocycles. The predicted octanol–water partition coefficient (Wildman–Crippen LogP) is 6.44. The molecule has 0 saturated heterocycles. The first-order valence-corrected chi connectivity index (χ1v) is 17.1. The summed E-state index contributed by atoms with van der Waals surface area (Å²) in [5, 5.41) is 5.86. The molecule has 0 N–H and O–H groups in total. The van der Waals surface area contributed by atoms with Gasteiger partial charge in [-0.05, 0) is 82.0 Å². The second-order valence-electron chi connectivity index (χ2n) is 9.62. The SMILES string of the molecule is O=[N+](O[P+](c1ccccc1)(c1ccccc1)c1ccccc1)O[P+](c1ccccc1)(c1ccccc1)c1ccccc1.[Ni]. The van der Waals surface area contributed by atoms with Crippen molar-refractivity contribution < 1.29 is 30.8 Å². The van der Waals surface area contributed by atoms with Crippen molar-refractivity contribution >= 4 is 46.8 Å². The van der Waals surface area contributed by atoms with E-state index >= 15 is 0 Å². The summed E-state index contributed by atoms with van der Waals surface area (Å²) in [6, 6.07) is 59.8. The molecule has 6 aromatic rings. The van der Waals surface area contributed by atoms with Crippen molar-refractivity contribution in [1.29, 1.82) is 0 Å². The summed E-state index contributed by atoms with van der Waals surface area (Å²) in [6.45, 7) is 0. The van der Waals surface area contributed by atoms with Gasteiger partial charge in [-0.2, -0.15) is 0 Å². The van der Waals surface area contributed by atoms with Crippen LogP contribution in [0.2, 0.25) is 0 Å². The van der Waals surface area contributed by atoms with Gasteiger partial charge in [-0.25, -0.2) is 0 Å². The maximum Gasteiger partial charge on any atom is 0.555 e. The first-order valence-electron chi connectivity index (χ1n) is 13.7. The minimum Gasteiger partial charge on any atom is -0.0620 e. The minimum atomic E-state index is -2.96. The zero-order chi connectivity index (χ0) is 28.7. The van der Waals surface area contributed by atoms with Crippen LogP contribution in [0.4, 0.5) is 0 Å². The second-order valence-corrected chi connectivity index (χ2v) is 15.5. The Hall–Kier alpha value is -4.13. The average Bonchev–Trinajstić information content (AvgIpc) is 3.08. The van der Waals surface area contributed by atoms with Crippen molar-refractivity contribution in [2.24, 2.45) is 0 Å². The Morgan fingerprint density at radius 1 is 0.326 bits per heavy atom. The van der Waals surface area contributed by atoms with Crippen LogP contribution < -0.4 is 31.8 Å². The van der Waals surface area contributed by atoms with Gasteiger partial charge in [0.25, 0.3) is 0 Å². The van der Waals surface area contributed by atoms with E-state index < -0.39 is 15.0 Å². The molecule has 0 radical (unpaired) electrons. The van der Waals surface area contributed by atoms with Crippen LogP contribution in [0.3, 0.4) is 0 Å². The van der Waals surface area contributed by atoms with Crippen molar-refractivity contribution in [2.75, 3.05) is 0 Å². The van der Waals surface area contributed by atoms with Crippen molar-refractivity contribution in [3.8, 4) is 0 Å². The molecule has 0 amide bonds. The van der Waals surface area contributed by atoms with E-state index in [2.05, 4.69) is 0 Å². The van der Waals surface area contributed by atoms with Crippen molar-refractivity contribution in [2.45, 2.75) is 0 Å². The molecule has 214 valence electrons. The Bertz CT molecular complexity index is 1410. The van der Waals surface area contributed by atoms with E-state index in [-0.39, 0.29) is 16.5 Å². The molecule has 0 aliphatic rings. The molecule has 0 aliphatic carbocycles. The maximum atomic E-state index is 14.4. The van der Waals surface area contributed by atoms with E-state index in [1.165, 1.54) is 0 Å². The minimum absolute atomic E-state index is 0. The number of hydrogen-bond donors (Lipinski definition) is 0. The normalized spacial score (nSPS) is 11.2. The van der Waals surface area contributed by atoms with Gasteiger partial charge in [-0.15, -0.1) is 0 Å². The van der Waals surface area contributed by atoms with Gasteiger partial charge in [-0.1, -0.05) is 109 Å². The molecular formula is C36H30NNiO3P2+3.